The molecule has 1 saturated heterocycles. The number of piperidine rings is 1. The normalized spacial score (nSPS) is 33.3. The number of likely N-dealkylation sites (tertiary alicyclic amines) is 1. The van der Waals surface area contributed by atoms with Crippen molar-refractivity contribution in [1.29, 1.82) is 0 Å². The number of nitrogens with zero attached hydrogens (tertiary/aromatic N) is 1. The molecule has 1 aliphatic heterocycles. The van der Waals surface area contributed by atoms with Gasteiger partial charge in [0.25, 0.3) is 0 Å². The molecule has 1 radical (unpaired) electrons. The summed E-state index contributed by atoms with van der Waals surface area (Å²) < 4.78 is 5.46. The molecule has 0 N–H and O–H groups in total. The van der Waals surface area contributed by atoms with E-state index in [-0.39, 0.29) is 32.7 Å². The van der Waals surface area contributed by atoms with Gasteiger partial charge >= 0.3 is 0 Å². The quantitative estimate of drug-likeness (QED) is 0.542. The summed E-state index contributed by atoms with van der Waals surface area (Å²) >= 11 is 0. The van der Waals surface area contributed by atoms with Crippen molar-refractivity contribution >= 4 is 9.47 Å². The van der Waals surface area contributed by atoms with Crippen LogP contribution in [0, 0.1) is 11.8 Å². The van der Waals surface area contributed by atoms with E-state index in [2.05, 4.69) is 46.4 Å². The predicted octanol–water partition coefficient (Wildman–Crippen LogP) is 4.14. The first kappa shape index (κ1) is 18.3. The van der Waals surface area contributed by atoms with Crippen LogP contribution in [0.25, 0.3) is 0 Å². The Bertz CT molecular complexity index is 580. The minimum atomic E-state index is 0. The molecule has 0 spiro atoms. The van der Waals surface area contributed by atoms with E-state index in [1.54, 1.807) is 11.1 Å². The zero-order valence-electron chi connectivity index (χ0n) is 14.3. The second-order valence-electron chi connectivity index (χ2n) is 7.49. The molecule has 2 bridgehead atoms. The van der Waals surface area contributed by atoms with Crippen LogP contribution in [0.5, 0.6) is 5.75 Å². The van der Waals surface area contributed by atoms with Crippen LogP contribution in [0.15, 0.2) is 18.2 Å². The number of benzene rings is 1. The summed E-state index contributed by atoms with van der Waals surface area (Å²) in [7, 11) is 2.40. The van der Waals surface area contributed by atoms with Gasteiger partial charge < -0.3 is 9.42 Å². The van der Waals surface area contributed by atoms with Crippen LogP contribution in [0.1, 0.15) is 50.7 Å². The summed E-state index contributed by atoms with van der Waals surface area (Å²) in [5.74, 6) is 3.67. The molecule has 1 aromatic carbocycles. The Morgan fingerprint density at radius 1 is 1.43 bits per heavy atom. The van der Waals surface area contributed by atoms with Crippen molar-refractivity contribution in [3.63, 3.8) is 0 Å². The van der Waals surface area contributed by atoms with Crippen LogP contribution in [0.2, 0.25) is 0 Å². The molecule has 4 atom stereocenters. The van der Waals surface area contributed by atoms with Gasteiger partial charge in [0.05, 0.1) is 9.47 Å². The second-order valence-corrected chi connectivity index (χ2v) is 7.73. The van der Waals surface area contributed by atoms with Gasteiger partial charge in [0, 0.05) is 32.7 Å². The Hall–Kier alpha value is 0.514. The van der Waals surface area contributed by atoms with Gasteiger partial charge in [0.1, 0.15) is 5.75 Å². The van der Waals surface area contributed by atoms with Crippen LogP contribution in [-0.4, -0.2) is 24.0 Å². The van der Waals surface area contributed by atoms with Gasteiger partial charge in [0.15, 0.2) is 0 Å². The summed E-state index contributed by atoms with van der Waals surface area (Å²) in [5, 5.41) is 0. The average molecular weight is 405 g/mol. The van der Waals surface area contributed by atoms with Crippen LogP contribution >= 0.6 is 9.47 Å². The van der Waals surface area contributed by atoms with Gasteiger partial charge in [-0.1, -0.05) is 44.7 Å². The summed E-state index contributed by atoms with van der Waals surface area (Å²) in [4.78, 5) is 2.71. The van der Waals surface area contributed by atoms with Crippen molar-refractivity contribution in [3.05, 3.63) is 35.2 Å². The van der Waals surface area contributed by atoms with E-state index in [0.717, 1.165) is 11.7 Å². The first-order valence-electron chi connectivity index (χ1n) is 8.78. The molecule has 2 unspecified atom stereocenters. The Balaban J connectivity index is 0.00000156. The van der Waals surface area contributed by atoms with E-state index < -0.39 is 0 Å². The molecular weight excluding hydrogens is 378 g/mol. The molecule has 1 aromatic rings. The number of fused-ring (bicyclic) bond motifs is 1. The zero-order valence-corrected chi connectivity index (χ0v) is 18.3. The minimum Gasteiger partial charge on any atom is -0.480 e. The molecule has 1 heterocycles. The molecule has 23 heavy (non-hydrogen) atoms. The molecule has 4 rings (SSSR count). The van der Waals surface area contributed by atoms with E-state index in [1.807, 2.05) is 5.92 Å². The number of rotatable bonds is 2. The van der Waals surface area contributed by atoms with Crippen LogP contribution in [-0.2, 0) is 44.5 Å². The zero-order chi connectivity index (χ0) is 15.3. The van der Waals surface area contributed by atoms with E-state index >= 15 is 0 Å². The van der Waals surface area contributed by atoms with Crippen LogP contribution in [0.4, 0.5) is 0 Å². The fraction of sp³-hybridized carbons (Fsp3) is 0.632. The summed E-state index contributed by atoms with van der Waals surface area (Å²) in [5.41, 5.74) is 3.48. The Morgan fingerprint density at radius 2 is 2.26 bits per heavy atom. The maximum atomic E-state index is 5.46. The molecule has 1 saturated carbocycles. The summed E-state index contributed by atoms with van der Waals surface area (Å²) in [6.45, 7) is 7.20. The average Bonchev–Trinajstić information content (AvgIpc) is 2.54. The molecule has 2 aliphatic carbocycles. The minimum absolute atomic E-state index is 0. The molecule has 0 aromatic heterocycles. The van der Waals surface area contributed by atoms with Gasteiger partial charge in [-0.3, -0.25) is 5.92 Å². The van der Waals surface area contributed by atoms with Gasteiger partial charge in [-0.15, -0.1) is 11.5 Å². The van der Waals surface area contributed by atoms with E-state index in [9.17, 15) is 0 Å². The molecule has 2 fully saturated rings. The first-order chi connectivity index (χ1) is 10.7. The monoisotopic (exact) mass is 405 g/mol. The summed E-state index contributed by atoms with van der Waals surface area (Å²) in [6, 6.07) is 7.46. The number of hydrogen-bond donors (Lipinski definition) is 0. The topological polar surface area (TPSA) is 12.5 Å². The Kier molecular flexibility index (Phi) is 5.59. The maximum Gasteiger partial charge on any atom is 0.122 e. The third-order valence-corrected chi connectivity index (χ3v) is 6.71. The van der Waals surface area contributed by atoms with Crippen molar-refractivity contribution in [3.8, 4) is 5.75 Å². The van der Waals surface area contributed by atoms with Crippen LogP contribution < -0.4 is 4.52 Å². The maximum absolute atomic E-state index is 5.46. The first-order valence-corrected chi connectivity index (χ1v) is 9.25. The standard InChI is InChI=1S/C19H27NOP.Y/c1-3-20-9-8-19-12-13(2)4-7-16(19)18(20)10-14-5-6-15(21-22)11-17(14)19;/h5-6,11,13,18H,3-4,7-10,12,22H2,1-2H3;/q-1;/t13?,18-,19+;/m1./s1. The predicted molar refractivity (Wildman–Crippen MR) is 94.1 cm³/mol. The molecule has 3 aliphatic rings. The van der Waals surface area contributed by atoms with Gasteiger partial charge in [-0.25, -0.2) is 0 Å². The molecule has 4 heteroatoms. The third-order valence-electron chi connectivity index (χ3n) is 6.44. The largest absolute Gasteiger partial charge is 0.480 e. The smallest absolute Gasteiger partial charge is 0.122 e. The SMILES string of the molecule is CCN1CC[C@]23CC(C)CC[C-]2[C@H]1Cc1ccc(OP)cc13.[Y]. The van der Waals surface area contributed by atoms with Crippen molar-refractivity contribution in [1.82, 2.24) is 4.90 Å². The van der Waals surface area contributed by atoms with Crippen molar-refractivity contribution in [2.45, 2.75) is 57.4 Å². The Morgan fingerprint density at radius 3 is 3.00 bits per heavy atom. The van der Waals surface area contributed by atoms with Crippen molar-refractivity contribution < 1.29 is 37.2 Å². The second kappa shape index (κ2) is 7.03. The van der Waals surface area contributed by atoms with Gasteiger partial charge in [0.2, 0.25) is 0 Å². The van der Waals surface area contributed by atoms with E-state index in [0.29, 0.717) is 11.5 Å². The van der Waals surface area contributed by atoms with Crippen molar-refractivity contribution in [2.75, 3.05) is 13.1 Å². The molecule has 2 nitrogen and oxygen atoms in total. The van der Waals surface area contributed by atoms with E-state index in [4.69, 9.17) is 4.52 Å². The fourth-order valence-electron chi connectivity index (χ4n) is 5.44. The summed E-state index contributed by atoms with van der Waals surface area (Å²) in [6.07, 6.45) is 6.54. The number of hydrogen-bond acceptors (Lipinski definition) is 2. The number of likely N-dealkylation sites (N-methyl/N-ethyl adjacent to an activating group) is 1. The molecular formula is C19H27NOPY-. The van der Waals surface area contributed by atoms with Crippen molar-refractivity contribution in [2.24, 2.45) is 5.92 Å². The van der Waals surface area contributed by atoms with Gasteiger partial charge in [-0.2, -0.15) is 6.42 Å². The molecule has 123 valence electrons. The van der Waals surface area contributed by atoms with Crippen LogP contribution in [0.3, 0.4) is 0 Å². The van der Waals surface area contributed by atoms with Gasteiger partial charge in [-0.05, 0) is 43.1 Å². The fourth-order valence-corrected chi connectivity index (χ4v) is 5.58. The Labute approximate surface area is 168 Å². The molecule has 0 amide bonds. The third kappa shape index (κ3) is 2.86. The van der Waals surface area contributed by atoms with E-state index in [1.165, 1.54) is 45.2 Å².